The Labute approximate surface area is 216 Å². The molecule has 2 N–H and O–H groups in total. The molecule has 0 saturated carbocycles. The molecule has 0 bridgehead atoms. The molecule has 0 radical (unpaired) electrons. The van der Waals surface area contributed by atoms with E-state index in [4.69, 9.17) is 15.1 Å². The number of aryl methyl sites for hydroxylation is 3. The molecule has 1 aliphatic carbocycles. The summed E-state index contributed by atoms with van der Waals surface area (Å²) in [7, 11) is 0. The third-order valence-corrected chi connectivity index (χ3v) is 7.10. The molecule has 0 spiro atoms. The van der Waals surface area contributed by atoms with Crippen LogP contribution in [0.2, 0.25) is 0 Å². The number of nitrogens with zero attached hydrogens (tertiary/aromatic N) is 2. The van der Waals surface area contributed by atoms with Crippen LogP contribution in [0.5, 0.6) is 0 Å². The second-order valence-electron chi connectivity index (χ2n) is 9.76. The summed E-state index contributed by atoms with van der Waals surface area (Å²) in [6, 6.07) is 22.0. The summed E-state index contributed by atoms with van der Waals surface area (Å²) in [5.74, 6) is -0.891. The molecule has 188 valence electrons. The summed E-state index contributed by atoms with van der Waals surface area (Å²) in [6.45, 7) is 1.94. The van der Waals surface area contributed by atoms with Gasteiger partial charge in [0.15, 0.2) is 0 Å². The van der Waals surface area contributed by atoms with Crippen molar-refractivity contribution in [1.82, 2.24) is 15.3 Å². The molecule has 1 unspecified atom stereocenters. The average Bonchev–Trinajstić information content (AvgIpc) is 2.91. The Bertz CT molecular complexity index is 1450. The highest BCUT2D eigenvalue weighted by atomic mass is 16.4. The fraction of sp³-hybridized carbons (Fsp3) is 0.290. The number of unbranched alkanes of at least 4 members (excludes halogenated alkanes) is 1. The van der Waals surface area contributed by atoms with Gasteiger partial charge >= 0.3 is 5.97 Å². The highest BCUT2D eigenvalue weighted by Crippen LogP contribution is 2.31. The first-order chi connectivity index (χ1) is 18.0. The number of rotatable bonds is 8. The van der Waals surface area contributed by atoms with E-state index in [1.807, 2.05) is 55.5 Å². The lowest BCUT2D eigenvalue weighted by Gasteiger charge is -2.26. The predicted octanol–water partition coefficient (Wildman–Crippen LogP) is 6.21. The van der Waals surface area contributed by atoms with Gasteiger partial charge in [-0.3, -0.25) is 9.59 Å². The van der Waals surface area contributed by atoms with Gasteiger partial charge in [-0.25, -0.2) is 9.97 Å². The van der Waals surface area contributed by atoms with Crippen LogP contribution in [0.15, 0.2) is 66.7 Å². The van der Waals surface area contributed by atoms with Gasteiger partial charge < -0.3 is 10.4 Å². The Hall–Kier alpha value is -4.06. The first-order valence-electron chi connectivity index (χ1n) is 13.0. The second kappa shape index (κ2) is 10.9. The van der Waals surface area contributed by atoms with Crippen LogP contribution in [0.4, 0.5) is 0 Å². The maximum atomic E-state index is 13.4. The molecule has 3 aromatic carbocycles. The number of fused-ring (bicyclic) bond motifs is 2. The van der Waals surface area contributed by atoms with Gasteiger partial charge in [-0.15, -0.1) is 0 Å². The van der Waals surface area contributed by atoms with Crippen molar-refractivity contribution in [3.8, 4) is 11.3 Å². The Kier molecular flexibility index (Phi) is 7.26. The molecule has 1 aliphatic rings. The van der Waals surface area contributed by atoms with Crippen LogP contribution in [0.25, 0.3) is 22.3 Å². The maximum Gasteiger partial charge on any atom is 0.303 e. The molecular formula is C31H31N3O3. The standard InChI is InChI=1S/C31H31N3O3/c1-20-18-27-28(19-24(20)31(37)34-25-16-9-13-21-10-5-6-14-23(21)25)32-26(15-7-8-17-29(35)36)30(33-27)22-11-3-2-4-12-22/h2-6,10-12,14,18-19,25H,7-9,13,15-17H2,1H3,(H,34,37)(H,35,36). The monoisotopic (exact) mass is 493 g/mol. The zero-order valence-corrected chi connectivity index (χ0v) is 21.0. The number of hydrogen-bond donors (Lipinski definition) is 2. The molecule has 1 atom stereocenters. The first-order valence-corrected chi connectivity index (χ1v) is 13.0. The number of aromatic nitrogens is 2. The summed E-state index contributed by atoms with van der Waals surface area (Å²) in [6.07, 6.45) is 5.06. The number of carbonyl (C=O) groups excluding carboxylic acids is 1. The summed E-state index contributed by atoms with van der Waals surface area (Å²) in [5.41, 5.74) is 7.99. The molecule has 6 heteroatoms. The predicted molar refractivity (Wildman–Crippen MR) is 144 cm³/mol. The van der Waals surface area contributed by atoms with Gasteiger partial charge in [-0.2, -0.15) is 0 Å². The Morgan fingerprint density at radius 3 is 2.54 bits per heavy atom. The van der Waals surface area contributed by atoms with Crippen LogP contribution in [-0.4, -0.2) is 27.0 Å². The lowest BCUT2D eigenvalue weighted by atomic mass is 9.87. The molecule has 4 aromatic rings. The third-order valence-electron chi connectivity index (χ3n) is 7.10. The van der Waals surface area contributed by atoms with E-state index in [1.54, 1.807) is 0 Å². The van der Waals surface area contributed by atoms with Gasteiger partial charge in [0.1, 0.15) is 0 Å². The van der Waals surface area contributed by atoms with E-state index in [9.17, 15) is 9.59 Å². The molecule has 0 aliphatic heterocycles. The maximum absolute atomic E-state index is 13.4. The van der Waals surface area contributed by atoms with Crippen LogP contribution >= 0.6 is 0 Å². The zero-order valence-electron chi connectivity index (χ0n) is 21.0. The number of carboxylic acid groups (broad SMARTS) is 1. The van der Waals surface area contributed by atoms with Crippen molar-refractivity contribution < 1.29 is 14.7 Å². The van der Waals surface area contributed by atoms with E-state index in [1.165, 1.54) is 11.1 Å². The van der Waals surface area contributed by atoms with Crippen molar-refractivity contribution in [2.45, 2.75) is 57.9 Å². The van der Waals surface area contributed by atoms with Crippen LogP contribution in [0.3, 0.4) is 0 Å². The number of nitrogens with one attached hydrogen (secondary N) is 1. The van der Waals surface area contributed by atoms with Crippen molar-refractivity contribution in [3.05, 3.63) is 94.7 Å². The third kappa shape index (κ3) is 5.53. The molecule has 37 heavy (non-hydrogen) atoms. The van der Waals surface area contributed by atoms with Gasteiger partial charge in [-0.05, 0) is 74.3 Å². The lowest BCUT2D eigenvalue weighted by Crippen LogP contribution is -2.31. The van der Waals surface area contributed by atoms with E-state index in [0.29, 0.717) is 30.3 Å². The Morgan fingerprint density at radius 2 is 1.73 bits per heavy atom. The van der Waals surface area contributed by atoms with Gasteiger partial charge in [-0.1, -0.05) is 54.6 Å². The fourth-order valence-corrected chi connectivity index (χ4v) is 5.20. The SMILES string of the molecule is Cc1cc2nc(-c3ccccc3)c(CCCCC(=O)O)nc2cc1C(=O)NC1CCCc2ccccc21. The van der Waals surface area contributed by atoms with Crippen LogP contribution in [-0.2, 0) is 17.6 Å². The van der Waals surface area contributed by atoms with Gasteiger partial charge in [0.25, 0.3) is 5.91 Å². The molecule has 6 nitrogen and oxygen atoms in total. The lowest BCUT2D eigenvalue weighted by molar-refractivity contribution is -0.137. The summed E-state index contributed by atoms with van der Waals surface area (Å²) in [4.78, 5) is 34.3. The van der Waals surface area contributed by atoms with E-state index in [2.05, 4.69) is 23.5 Å². The molecule has 1 aromatic heterocycles. The summed E-state index contributed by atoms with van der Waals surface area (Å²) < 4.78 is 0. The zero-order chi connectivity index (χ0) is 25.8. The molecule has 1 heterocycles. The largest absolute Gasteiger partial charge is 0.481 e. The molecule has 0 fully saturated rings. The van der Waals surface area contributed by atoms with Crippen molar-refractivity contribution in [1.29, 1.82) is 0 Å². The summed E-state index contributed by atoms with van der Waals surface area (Å²) in [5, 5.41) is 12.3. The number of carboxylic acids is 1. The minimum Gasteiger partial charge on any atom is -0.481 e. The fourth-order valence-electron chi connectivity index (χ4n) is 5.20. The van der Waals surface area contributed by atoms with E-state index < -0.39 is 5.97 Å². The molecule has 5 rings (SSSR count). The van der Waals surface area contributed by atoms with Gasteiger partial charge in [0.05, 0.1) is 28.5 Å². The van der Waals surface area contributed by atoms with E-state index in [0.717, 1.165) is 47.3 Å². The minimum atomic E-state index is -0.792. The first kappa shape index (κ1) is 24.6. The van der Waals surface area contributed by atoms with Crippen molar-refractivity contribution in [3.63, 3.8) is 0 Å². The highest BCUT2D eigenvalue weighted by Gasteiger charge is 2.23. The smallest absolute Gasteiger partial charge is 0.303 e. The minimum absolute atomic E-state index is 0.00360. The van der Waals surface area contributed by atoms with Crippen LogP contribution in [0.1, 0.15) is 70.9 Å². The molecule has 0 saturated heterocycles. The molecular weight excluding hydrogens is 462 g/mol. The topological polar surface area (TPSA) is 92.2 Å². The van der Waals surface area contributed by atoms with E-state index >= 15 is 0 Å². The van der Waals surface area contributed by atoms with Crippen molar-refractivity contribution in [2.75, 3.05) is 0 Å². The number of benzene rings is 3. The Morgan fingerprint density at radius 1 is 0.973 bits per heavy atom. The Balaban J connectivity index is 1.47. The van der Waals surface area contributed by atoms with Crippen LogP contribution < -0.4 is 5.32 Å². The quantitative estimate of drug-likeness (QED) is 0.285. The second-order valence-corrected chi connectivity index (χ2v) is 9.76. The van der Waals surface area contributed by atoms with Crippen molar-refractivity contribution in [2.24, 2.45) is 0 Å². The molecule has 1 amide bonds. The van der Waals surface area contributed by atoms with E-state index in [-0.39, 0.29) is 18.4 Å². The number of carbonyl (C=O) groups is 2. The highest BCUT2D eigenvalue weighted by molar-refractivity contribution is 5.99. The normalized spacial score (nSPS) is 14.8. The van der Waals surface area contributed by atoms with Gasteiger partial charge in [0.2, 0.25) is 0 Å². The average molecular weight is 494 g/mol. The number of hydrogen-bond acceptors (Lipinski definition) is 4. The van der Waals surface area contributed by atoms with Gasteiger partial charge in [0, 0.05) is 17.5 Å². The van der Waals surface area contributed by atoms with Crippen LogP contribution in [0, 0.1) is 6.92 Å². The van der Waals surface area contributed by atoms with Crippen molar-refractivity contribution >= 4 is 22.9 Å². The summed E-state index contributed by atoms with van der Waals surface area (Å²) >= 11 is 0. The number of amides is 1. The number of aliphatic carboxylic acids is 1.